The van der Waals surface area contributed by atoms with E-state index in [2.05, 4.69) is 36.7 Å². The summed E-state index contributed by atoms with van der Waals surface area (Å²) in [7, 11) is 2.27. The van der Waals surface area contributed by atoms with Gasteiger partial charge in [0.2, 0.25) is 0 Å². The van der Waals surface area contributed by atoms with Gasteiger partial charge in [0.1, 0.15) is 0 Å². The smallest absolute Gasteiger partial charge is 0.0515 e. The number of hydrogen-bond acceptors (Lipinski definition) is 1. The Morgan fingerprint density at radius 3 is 2.73 bits per heavy atom. The Kier molecular flexibility index (Phi) is 3.73. The minimum Gasteiger partial charge on any atom is -0.381 e. The summed E-state index contributed by atoms with van der Waals surface area (Å²) < 4.78 is 8.05. The van der Waals surface area contributed by atoms with Gasteiger partial charge < -0.3 is 9.30 Å². The van der Waals surface area contributed by atoms with Gasteiger partial charge in [0.15, 0.2) is 0 Å². The number of aromatic nitrogens is 1. The van der Waals surface area contributed by atoms with Crippen LogP contribution in [0.5, 0.6) is 0 Å². The van der Waals surface area contributed by atoms with Crippen LogP contribution in [0, 0.1) is 11.8 Å². The fourth-order valence-electron chi connectivity index (χ4n) is 4.83. The molecule has 1 fully saturated rings. The average molecular weight is 297 g/mol. The lowest BCUT2D eigenvalue weighted by Crippen LogP contribution is -2.28. The van der Waals surface area contributed by atoms with E-state index in [1.807, 2.05) is 0 Å². The number of para-hydroxylation sites is 1. The van der Waals surface area contributed by atoms with Gasteiger partial charge in [0.05, 0.1) is 5.52 Å². The SMILES string of the molecule is CCc1cccc2c3c(n(C)c12)CCC(C1CCOCC1)C3. The van der Waals surface area contributed by atoms with Crippen molar-refractivity contribution in [2.45, 2.75) is 45.4 Å². The Balaban J connectivity index is 1.73. The van der Waals surface area contributed by atoms with E-state index in [0.717, 1.165) is 31.5 Å². The molecule has 1 aliphatic heterocycles. The van der Waals surface area contributed by atoms with Crippen molar-refractivity contribution in [3.05, 3.63) is 35.0 Å². The second-order valence-electron chi connectivity index (χ2n) is 7.10. The summed E-state index contributed by atoms with van der Waals surface area (Å²) >= 11 is 0. The third-order valence-corrected chi connectivity index (χ3v) is 6.07. The second kappa shape index (κ2) is 5.73. The zero-order valence-electron chi connectivity index (χ0n) is 13.9. The van der Waals surface area contributed by atoms with Crippen molar-refractivity contribution in [2.24, 2.45) is 18.9 Å². The number of fused-ring (bicyclic) bond motifs is 3. The minimum atomic E-state index is 0.868. The lowest BCUT2D eigenvalue weighted by molar-refractivity contribution is 0.0439. The number of rotatable bonds is 2. The molecule has 4 rings (SSSR count). The third-order valence-electron chi connectivity index (χ3n) is 6.07. The number of aryl methyl sites for hydroxylation is 2. The Hall–Kier alpha value is -1.28. The molecule has 0 spiro atoms. The van der Waals surface area contributed by atoms with Crippen LogP contribution >= 0.6 is 0 Å². The highest BCUT2D eigenvalue weighted by atomic mass is 16.5. The normalized spacial score (nSPS) is 22.9. The Morgan fingerprint density at radius 1 is 1.14 bits per heavy atom. The molecule has 0 amide bonds. The first-order chi connectivity index (χ1) is 10.8. The van der Waals surface area contributed by atoms with Crippen molar-refractivity contribution in [1.29, 1.82) is 0 Å². The Morgan fingerprint density at radius 2 is 1.95 bits per heavy atom. The molecule has 118 valence electrons. The predicted molar refractivity (Wildman–Crippen MR) is 91.4 cm³/mol. The highest BCUT2D eigenvalue weighted by molar-refractivity contribution is 5.88. The van der Waals surface area contributed by atoms with Gasteiger partial charge in [-0.25, -0.2) is 0 Å². The van der Waals surface area contributed by atoms with Gasteiger partial charge in [-0.3, -0.25) is 0 Å². The molecule has 0 radical (unpaired) electrons. The van der Waals surface area contributed by atoms with Gasteiger partial charge in [0.25, 0.3) is 0 Å². The molecular weight excluding hydrogens is 270 g/mol. The fraction of sp³-hybridized carbons (Fsp3) is 0.600. The molecule has 0 saturated carbocycles. The van der Waals surface area contributed by atoms with Crippen LogP contribution in [0.3, 0.4) is 0 Å². The topological polar surface area (TPSA) is 14.2 Å². The van der Waals surface area contributed by atoms with Gasteiger partial charge in [0, 0.05) is 31.3 Å². The molecule has 1 aromatic heterocycles. The maximum Gasteiger partial charge on any atom is 0.0515 e. The largest absolute Gasteiger partial charge is 0.381 e. The molecule has 2 aromatic rings. The molecule has 2 aliphatic rings. The standard InChI is InChI=1S/C20H27NO/c1-3-14-5-4-6-17-18-13-16(15-9-11-22-12-10-15)7-8-19(18)21(2)20(14)17/h4-6,15-16H,3,7-13H2,1-2H3. The minimum absolute atomic E-state index is 0.868. The summed E-state index contributed by atoms with van der Waals surface area (Å²) in [6.07, 6.45) is 7.56. The van der Waals surface area contributed by atoms with E-state index in [9.17, 15) is 0 Å². The average Bonchev–Trinajstić information content (AvgIpc) is 2.88. The van der Waals surface area contributed by atoms with E-state index in [-0.39, 0.29) is 0 Å². The van der Waals surface area contributed by atoms with E-state index in [1.54, 1.807) is 11.3 Å². The van der Waals surface area contributed by atoms with Crippen molar-refractivity contribution in [3.8, 4) is 0 Å². The van der Waals surface area contributed by atoms with Gasteiger partial charge in [-0.1, -0.05) is 25.1 Å². The molecule has 1 aliphatic carbocycles. The number of nitrogens with zero attached hydrogens (tertiary/aromatic N) is 1. The molecule has 1 atom stereocenters. The predicted octanol–water partition coefficient (Wildman–Crippen LogP) is 4.27. The summed E-state index contributed by atoms with van der Waals surface area (Å²) in [5.41, 5.74) is 6.23. The summed E-state index contributed by atoms with van der Waals surface area (Å²) in [5, 5.41) is 1.52. The summed E-state index contributed by atoms with van der Waals surface area (Å²) in [6, 6.07) is 6.89. The van der Waals surface area contributed by atoms with Crippen LogP contribution < -0.4 is 0 Å². The molecule has 2 heteroatoms. The van der Waals surface area contributed by atoms with E-state index in [0.29, 0.717) is 0 Å². The van der Waals surface area contributed by atoms with Crippen LogP contribution in [0.15, 0.2) is 18.2 Å². The van der Waals surface area contributed by atoms with Crippen LogP contribution in [0.2, 0.25) is 0 Å². The van der Waals surface area contributed by atoms with Crippen LogP contribution in [0.4, 0.5) is 0 Å². The fourth-order valence-corrected chi connectivity index (χ4v) is 4.83. The molecule has 1 unspecified atom stereocenters. The van der Waals surface area contributed by atoms with E-state index >= 15 is 0 Å². The lowest BCUT2D eigenvalue weighted by atomic mass is 9.75. The lowest BCUT2D eigenvalue weighted by Gasteiger charge is -2.33. The van der Waals surface area contributed by atoms with E-state index in [4.69, 9.17) is 4.74 Å². The third kappa shape index (κ3) is 2.20. The quantitative estimate of drug-likeness (QED) is 0.807. The maximum atomic E-state index is 5.56. The van der Waals surface area contributed by atoms with Crippen molar-refractivity contribution in [1.82, 2.24) is 4.57 Å². The molecular formula is C20H27NO. The zero-order chi connectivity index (χ0) is 15.1. The van der Waals surface area contributed by atoms with Gasteiger partial charge in [-0.05, 0) is 61.5 Å². The molecule has 1 aromatic carbocycles. The Bertz CT molecular complexity index is 679. The maximum absolute atomic E-state index is 5.56. The highest BCUT2D eigenvalue weighted by Crippen LogP contribution is 2.39. The first-order valence-electron chi connectivity index (χ1n) is 8.95. The van der Waals surface area contributed by atoms with Gasteiger partial charge in [-0.15, -0.1) is 0 Å². The number of ether oxygens (including phenoxy) is 1. The molecule has 0 bridgehead atoms. The first kappa shape index (κ1) is 14.3. The van der Waals surface area contributed by atoms with Gasteiger partial charge >= 0.3 is 0 Å². The van der Waals surface area contributed by atoms with E-state index < -0.39 is 0 Å². The van der Waals surface area contributed by atoms with Crippen molar-refractivity contribution < 1.29 is 4.74 Å². The molecule has 1 saturated heterocycles. The number of hydrogen-bond donors (Lipinski definition) is 0. The summed E-state index contributed by atoms with van der Waals surface area (Å²) in [6.45, 7) is 4.22. The summed E-state index contributed by atoms with van der Waals surface area (Å²) in [5.74, 6) is 1.75. The van der Waals surface area contributed by atoms with Crippen molar-refractivity contribution >= 4 is 10.9 Å². The van der Waals surface area contributed by atoms with Crippen molar-refractivity contribution in [2.75, 3.05) is 13.2 Å². The van der Waals surface area contributed by atoms with Crippen molar-refractivity contribution in [3.63, 3.8) is 0 Å². The first-order valence-corrected chi connectivity index (χ1v) is 8.95. The van der Waals surface area contributed by atoms with Crippen LogP contribution in [0.25, 0.3) is 10.9 Å². The van der Waals surface area contributed by atoms with Crippen LogP contribution in [-0.4, -0.2) is 17.8 Å². The van der Waals surface area contributed by atoms with Gasteiger partial charge in [-0.2, -0.15) is 0 Å². The van der Waals surface area contributed by atoms with Crippen LogP contribution in [0.1, 0.15) is 43.0 Å². The monoisotopic (exact) mass is 297 g/mol. The molecule has 2 nitrogen and oxygen atoms in total. The second-order valence-corrected chi connectivity index (χ2v) is 7.10. The highest BCUT2D eigenvalue weighted by Gasteiger charge is 2.30. The Labute approximate surface area is 133 Å². The molecule has 0 N–H and O–H groups in total. The van der Waals surface area contributed by atoms with Crippen LogP contribution in [-0.2, 0) is 31.0 Å². The molecule has 2 heterocycles. The number of benzene rings is 1. The zero-order valence-corrected chi connectivity index (χ0v) is 13.9. The van der Waals surface area contributed by atoms with E-state index in [1.165, 1.54) is 48.6 Å². The molecule has 22 heavy (non-hydrogen) atoms. The summed E-state index contributed by atoms with van der Waals surface area (Å²) in [4.78, 5) is 0.